The van der Waals surface area contributed by atoms with Crippen LogP contribution in [-0.2, 0) is 16.0 Å². The molecule has 0 aliphatic heterocycles. The zero-order chi connectivity index (χ0) is 17.5. The average Bonchev–Trinajstić information content (AvgIpc) is 3.22. The molecule has 0 radical (unpaired) electrons. The Balaban J connectivity index is 1.79. The van der Waals surface area contributed by atoms with Gasteiger partial charge in [-0.25, -0.2) is 4.79 Å². The van der Waals surface area contributed by atoms with Crippen LogP contribution in [0.2, 0.25) is 0 Å². The third-order valence-electron chi connectivity index (χ3n) is 3.80. The molecule has 2 atom stereocenters. The van der Waals surface area contributed by atoms with Crippen LogP contribution in [0.15, 0.2) is 22.0 Å². The van der Waals surface area contributed by atoms with Crippen molar-refractivity contribution in [3.63, 3.8) is 0 Å². The fourth-order valence-electron chi connectivity index (χ4n) is 2.19. The number of aliphatic carboxylic acids is 1. The van der Waals surface area contributed by atoms with Crippen LogP contribution < -0.4 is 5.32 Å². The van der Waals surface area contributed by atoms with Crippen molar-refractivity contribution in [1.82, 2.24) is 15.5 Å². The highest BCUT2D eigenvalue weighted by Crippen LogP contribution is 2.21. The quantitative estimate of drug-likeness (QED) is 0.719. The lowest BCUT2D eigenvalue weighted by molar-refractivity contribution is -0.143. The predicted molar refractivity (Wildman–Crippen MR) is 89.6 cm³/mol. The van der Waals surface area contributed by atoms with E-state index >= 15 is 0 Å². The van der Waals surface area contributed by atoms with Crippen molar-refractivity contribution < 1.29 is 19.2 Å². The Bertz CT molecular complexity index is 669. The second kappa shape index (κ2) is 8.58. The number of carbonyl (C=O) groups excluding carboxylic acids is 1. The van der Waals surface area contributed by atoms with Crippen molar-refractivity contribution in [2.75, 3.05) is 0 Å². The highest BCUT2D eigenvalue weighted by molar-refractivity contribution is 7.13. The fourth-order valence-corrected chi connectivity index (χ4v) is 2.84. The summed E-state index contributed by atoms with van der Waals surface area (Å²) in [4.78, 5) is 28.3. The van der Waals surface area contributed by atoms with E-state index in [9.17, 15) is 14.7 Å². The van der Waals surface area contributed by atoms with Gasteiger partial charge in [0.2, 0.25) is 17.6 Å². The Morgan fingerprint density at radius 3 is 2.88 bits per heavy atom. The van der Waals surface area contributed by atoms with Gasteiger partial charge >= 0.3 is 5.97 Å². The summed E-state index contributed by atoms with van der Waals surface area (Å²) in [6, 6.07) is 2.97. The van der Waals surface area contributed by atoms with Gasteiger partial charge < -0.3 is 14.9 Å². The zero-order valence-corrected chi connectivity index (χ0v) is 14.5. The highest BCUT2D eigenvalue weighted by atomic mass is 32.1. The van der Waals surface area contributed by atoms with E-state index in [4.69, 9.17) is 4.52 Å². The SMILES string of the molecule is CCC(C)C(NC(=O)CCCc1nc(-c2cccs2)no1)C(=O)O. The normalized spacial score (nSPS) is 13.4. The minimum absolute atomic E-state index is 0.115. The van der Waals surface area contributed by atoms with Crippen LogP contribution in [0.25, 0.3) is 10.7 Å². The fraction of sp³-hybridized carbons (Fsp3) is 0.500. The van der Waals surface area contributed by atoms with E-state index in [1.807, 2.05) is 31.4 Å². The van der Waals surface area contributed by atoms with Gasteiger partial charge in [-0.05, 0) is 23.8 Å². The molecular weight excluding hydrogens is 330 g/mol. The van der Waals surface area contributed by atoms with E-state index in [-0.39, 0.29) is 18.2 Å². The van der Waals surface area contributed by atoms with Gasteiger partial charge in [-0.15, -0.1) is 11.3 Å². The summed E-state index contributed by atoms with van der Waals surface area (Å²) in [5, 5.41) is 17.6. The predicted octanol–water partition coefficient (Wildman–Crippen LogP) is 2.74. The first kappa shape index (κ1) is 18.1. The zero-order valence-electron chi connectivity index (χ0n) is 13.7. The summed E-state index contributed by atoms with van der Waals surface area (Å²) >= 11 is 1.53. The summed E-state index contributed by atoms with van der Waals surface area (Å²) in [6.07, 6.45) is 1.90. The number of carboxylic acid groups (broad SMARTS) is 1. The van der Waals surface area contributed by atoms with Gasteiger partial charge in [0.1, 0.15) is 6.04 Å². The third kappa shape index (κ3) is 4.89. The second-order valence-electron chi connectivity index (χ2n) is 5.61. The third-order valence-corrected chi connectivity index (χ3v) is 4.67. The van der Waals surface area contributed by atoms with Crippen LogP contribution >= 0.6 is 11.3 Å². The monoisotopic (exact) mass is 351 g/mol. The Hall–Kier alpha value is -2.22. The van der Waals surface area contributed by atoms with Gasteiger partial charge in [0.05, 0.1) is 4.88 Å². The highest BCUT2D eigenvalue weighted by Gasteiger charge is 2.25. The van der Waals surface area contributed by atoms with Crippen LogP contribution in [0.3, 0.4) is 0 Å². The number of hydrogen-bond donors (Lipinski definition) is 2. The number of carbonyl (C=O) groups is 2. The van der Waals surface area contributed by atoms with Crippen molar-refractivity contribution in [3.05, 3.63) is 23.4 Å². The molecule has 0 bridgehead atoms. The molecule has 2 N–H and O–H groups in total. The number of nitrogens with one attached hydrogen (secondary N) is 1. The summed E-state index contributed by atoms with van der Waals surface area (Å²) in [5.74, 6) is -0.373. The lowest BCUT2D eigenvalue weighted by Gasteiger charge is -2.19. The summed E-state index contributed by atoms with van der Waals surface area (Å²) in [6.45, 7) is 3.71. The average molecular weight is 351 g/mol. The second-order valence-corrected chi connectivity index (χ2v) is 6.56. The van der Waals surface area contributed by atoms with Gasteiger partial charge in [0.25, 0.3) is 0 Å². The number of hydrogen-bond acceptors (Lipinski definition) is 6. The van der Waals surface area contributed by atoms with E-state index in [0.29, 0.717) is 31.0 Å². The number of amides is 1. The first-order valence-electron chi connectivity index (χ1n) is 7.90. The maximum Gasteiger partial charge on any atom is 0.326 e. The molecule has 8 heteroatoms. The van der Waals surface area contributed by atoms with Crippen LogP contribution in [0.5, 0.6) is 0 Å². The van der Waals surface area contributed by atoms with Crippen molar-refractivity contribution in [1.29, 1.82) is 0 Å². The van der Waals surface area contributed by atoms with Crippen molar-refractivity contribution in [3.8, 4) is 10.7 Å². The van der Waals surface area contributed by atoms with E-state index in [1.165, 1.54) is 11.3 Å². The maximum absolute atomic E-state index is 11.9. The van der Waals surface area contributed by atoms with Crippen molar-refractivity contribution >= 4 is 23.2 Å². The number of rotatable bonds is 9. The van der Waals surface area contributed by atoms with Crippen LogP contribution in [0.1, 0.15) is 39.0 Å². The molecule has 0 fully saturated rings. The molecular formula is C16H21N3O4S. The van der Waals surface area contributed by atoms with E-state index in [2.05, 4.69) is 15.5 Å². The molecule has 0 aliphatic rings. The minimum atomic E-state index is -1.00. The molecule has 2 unspecified atom stereocenters. The minimum Gasteiger partial charge on any atom is -0.480 e. The molecule has 7 nitrogen and oxygen atoms in total. The van der Waals surface area contributed by atoms with Crippen molar-refractivity contribution in [2.45, 2.75) is 45.6 Å². The number of nitrogens with zero attached hydrogens (tertiary/aromatic N) is 2. The molecule has 0 spiro atoms. The number of thiophene rings is 1. The number of aryl methyl sites for hydroxylation is 1. The number of aromatic nitrogens is 2. The molecule has 2 rings (SSSR count). The van der Waals surface area contributed by atoms with Crippen LogP contribution in [0, 0.1) is 5.92 Å². The molecule has 0 saturated carbocycles. The molecule has 0 aromatic carbocycles. The molecule has 0 aliphatic carbocycles. The molecule has 2 aromatic heterocycles. The lowest BCUT2D eigenvalue weighted by Crippen LogP contribution is -2.44. The van der Waals surface area contributed by atoms with Crippen LogP contribution in [0.4, 0.5) is 0 Å². The smallest absolute Gasteiger partial charge is 0.326 e. The van der Waals surface area contributed by atoms with E-state index in [0.717, 1.165) is 4.88 Å². The molecule has 1 amide bonds. The summed E-state index contributed by atoms with van der Waals surface area (Å²) < 4.78 is 5.16. The number of carboxylic acids is 1. The van der Waals surface area contributed by atoms with Gasteiger partial charge in [-0.2, -0.15) is 4.98 Å². The molecule has 24 heavy (non-hydrogen) atoms. The Morgan fingerprint density at radius 1 is 1.46 bits per heavy atom. The van der Waals surface area contributed by atoms with E-state index in [1.54, 1.807) is 0 Å². The van der Waals surface area contributed by atoms with E-state index < -0.39 is 12.0 Å². The van der Waals surface area contributed by atoms with Crippen LogP contribution in [-0.4, -0.2) is 33.2 Å². The van der Waals surface area contributed by atoms with Crippen molar-refractivity contribution in [2.24, 2.45) is 5.92 Å². The largest absolute Gasteiger partial charge is 0.480 e. The Morgan fingerprint density at radius 2 is 2.25 bits per heavy atom. The molecule has 2 heterocycles. The lowest BCUT2D eigenvalue weighted by atomic mass is 9.99. The van der Waals surface area contributed by atoms with Gasteiger partial charge in [0.15, 0.2) is 0 Å². The van der Waals surface area contributed by atoms with Gasteiger partial charge in [-0.1, -0.05) is 31.5 Å². The molecule has 0 saturated heterocycles. The maximum atomic E-state index is 11.9. The standard InChI is InChI=1S/C16H21N3O4S/c1-3-10(2)14(16(21)22)17-12(20)7-4-8-13-18-15(19-23-13)11-6-5-9-24-11/h5-6,9-10,14H,3-4,7-8H2,1-2H3,(H,17,20)(H,21,22). The Kier molecular flexibility index (Phi) is 6.48. The van der Waals surface area contributed by atoms with Gasteiger partial charge in [0, 0.05) is 12.8 Å². The Labute approximate surface area is 144 Å². The first-order valence-corrected chi connectivity index (χ1v) is 8.77. The summed E-state index contributed by atoms with van der Waals surface area (Å²) in [5.41, 5.74) is 0. The summed E-state index contributed by atoms with van der Waals surface area (Å²) in [7, 11) is 0. The molecule has 2 aromatic rings. The molecule has 130 valence electrons. The first-order chi connectivity index (χ1) is 11.5. The van der Waals surface area contributed by atoms with Gasteiger partial charge in [-0.3, -0.25) is 4.79 Å². The topological polar surface area (TPSA) is 105 Å².